The molecule has 0 fully saturated rings. The van der Waals surface area contributed by atoms with Crippen molar-refractivity contribution < 1.29 is 18.3 Å². The highest BCUT2D eigenvalue weighted by molar-refractivity contribution is 7.89. The predicted octanol–water partition coefficient (Wildman–Crippen LogP) is 1.33. The number of nitrogens with one attached hydrogen (secondary N) is 1. The molecule has 1 aromatic carbocycles. The van der Waals surface area contributed by atoms with E-state index in [2.05, 4.69) is 4.72 Å². The number of hydrogen-bond donors (Lipinski definition) is 2. The first-order valence-corrected chi connectivity index (χ1v) is 7.59. The van der Waals surface area contributed by atoms with E-state index in [-0.39, 0.29) is 23.3 Å². The van der Waals surface area contributed by atoms with Gasteiger partial charge in [-0.2, -0.15) is 0 Å². The van der Waals surface area contributed by atoms with Crippen molar-refractivity contribution in [2.45, 2.75) is 37.6 Å². The van der Waals surface area contributed by atoms with Crippen LogP contribution < -0.4 is 4.72 Å². The summed E-state index contributed by atoms with van der Waals surface area (Å²) in [6.45, 7) is 3.16. The van der Waals surface area contributed by atoms with Crippen molar-refractivity contribution in [3.05, 3.63) is 29.8 Å². The lowest BCUT2D eigenvalue weighted by molar-refractivity contribution is 0.101. The van der Waals surface area contributed by atoms with Crippen LogP contribution >= 0.6 is 0 Å². The van der Waals surface area contributed by atoms with Crippen molar-refractivity contribution >= 4 is 15.8 Å². The van der Waals surface area contributed by atoms with Gasteiger partial charge in [-0.3, -0.25) is 4.79 Å². The Bertz CT molecular complexity index is 539. The first kappa shape index (κ1) is 15.8. The summed E-state index contributed by atoms with van der Waals surface area (Å²) in [7, 11) is -3.63. The molecule has 0 aliphatic heterocycles. The van der Waals surface area contributed by atoms with Gasteiger partial charge >= 0.3 is 0 Å². The van der Waals surface area contributed by atoms with E-state index in [1.807, 2.05) is 0 Å². The first-order chi connectivity index (χ1) is 8.86. The van der Waals surface area contributed by atoms with Crippen LogP contribution in [-0.4, -0.2) is 32.0 Å². The van der Waals surface area contributed by atoms with Crippen LogP contribution in [0.3, 0.4) is 0 Å². The van der Waals surface area contributed by atoms with Gasteiger partial charge in [0.05, 0.1) is 4.90 Å². The van der Waals surface area contributed by atoms with E-state index in [1.54, 1.807) is 19.1 Å². The third-order valence-corrected chi connectivity index (χ3v) is 4.29. The maximum Gasteiger partial charge on any atom is 0.240 e. The van der Waals surface area contributed by atoms with Crippen molar-refractivity contribution in [2.75, 3.05) is 6.61 Å². The number of carbonyl (C=O) groups excluding carboxylic acids is 1. The molecule has 5 nitrogen and oxygen atoms in total. The Morgan fingerprint density at radius 1 is 1.42 bits per heavy atom. The van der Waals surface area contributed by atoms with Gasteiger partial charge in [0.2, 0.25) is 10.0 Å². The number of benzene rings is 1. The molecule has 1 atom stereocenters. The highest BCUT2D eigenvalue weighted by atomic mass is 32.2. The minimum atomic E-state index is -3.63. The smallest absolute Gasteiger partial charge is 0.240 e. The van der Waals surface area contributed by atoms with Crippen LogP contribution in [0.25, 0.3) is 0 Å². The highest BCUT2D eigenvalue weighted by Gasteiger charge is 2.17. The fourth-order valence-electron chi connectivity index (χ4n) is 1.67. The van der Waals surface area contributed by atoms with E-state index in [0.29, 0.717) is 18.4 Å². The minimum absolute atomic E-state index is 0.0336. The number of ketones is 1. The predicted molar refractivity (Wildman–Crippen MR) is 72.5 cm³/mol. The number of aliphatic hydroxyl groups excluding tert-OH is 1. The molecule has 0 saturated heterocycles. The lowest BCUT2D eigenvalue weighted by atomic mass is 10.2. The average molecular weight is 285 g/mol. The summed E-state index contributed by atoms with van der Waals surface area (Å²) < 4.78 is 26.7. The van der Waals surface area contributed by atoms with Crippen molar-refractivity contribution in [1.82, 2.24) is 4.72 Å². The lowest BCUT2D eigenvalue weighted by Crippen LogP contribution is -2.32. The number of rotatable bonds is 7. The molecule has 0 bridgehead atoms. The number of Topliss-reactive ketones (excluding diaryl/α,β-unsaturated/α-hetero) is 1. The molecule has 0 saturated carbocycles. The first-order valence-electron chi connectivity index (χ1n) is 6.11. The molecule has 106 valence electrons. The summed E-state index contributed by atoms with van der Waals surface area (Å²) in [6.07, 6.45) is 1.10. The van der Waals surface area contributed by atoms with E-state index in [0.717, 1.165) is 0 Å². The highest BCUT2D eigenvalue weighted by Crippen LogP contribution is 2.13. The summed E-state index contributed by atoms with van der Waals surface area (Å²) in [5, 5.41) is 8.71. The Balaban J connectivity index is 2.88. The molecular weight excluding hydrogens is 266 g/mol. The Morgan fingerprint density at radius 2 is 2.11 bits per heavy atom. The van der Waals surface area contributed by atoms with E-state index in [9.17, 15) is 13.2 Å². The van der Waals surface area contributed by atoms with Crippen molar-refractivity contribution in [3.8, 4) is 0 Å². The average Bonchev–Trinajstić information content (AvgIpc) is 2.36. The SMILES string of the molecule is CC(=O)c1cccc(S(=O)(=O)NC(C)CCCO)c1. The summed E-state index contributed by atoms with van der Waals surface area (Å²) >= 11 is 0. The zero-order chi connectivity index (χ0) is 14.5. The van der Waals surface area contributed by atoms with Crippen LogP contribution in [0.2, 0.25) is 0 Å². The van der Waals surface area contributed by atoms with Gasteiger partial charge in [0.25, 0.3) is 0 Å². The van der Waals surface area contributed by atoms with Crippen molar-refractivity contribution in [2.24, 2.45) is 0 Å². The zero-order valence-electron chi connectivity index (χ0n) is 11.1. The topological polar surface area (TPSA) is 83.5 Å². The fourth-order valence-corrected chi connectivity index (χ4v) is 3.00. The molecule has 1 unspecified atom stereocenters. The second kappa shape index (κ2) is 6.79. The lowest BCUT2D eigenvalue weighted by Gasteiger charge is -2.14. The van der Waals surface area contributed by atoms with Crippen LogP contribution in [0.4, 0.5) is 0 Å². The number of carbonyl (C=O) groups is 1. The maximum atomic E-state index is 12.1. The summed E-state index contributed by atoms with van der Waals surface area (Å²) in [5.74, 6) is -0.176. The normalized spacial score (nSPS) is 13.2. The van der Waals surface area contributed by atoms with Crippen LogP contribution in [-0.2, 0) is 10.0 Å². The molecule has 0 aromatic heterocycles. The summed E-state index contributed by atoms with van der Waals surface area (Å²) in [4.78, 5) is 11.3. The molecule has 0 spiro atoms. The molecule has 0 amide bonds. The summed E-state index contributed by atoms with van der Waals surface area (Å²) in [5.41, 5.74) is 0.367. The van der Waals surface area contributed by atoms with Crippen molar-refractivity contribution in [3.63, 3.8) is 0 Å². The second-order valence-corrected chi connectivity index (χ2v) is 6.19. The van der Waals surface area contributed by atoms with Crippen molar-refractivity contribution in [1.29, 1.82) is 0 Å². The molecule has 1 aromatic rings. The van der Waals surface area contributed by atoms with Gasteiger partial charge in [-0.05, 0) is 38.8 Å². The Morgan fingerprint density at radius 3 is 2.68 bits per heavy atom. The molecule has 19 heavy (non-hydrogen) atoms. The van der Waals surface area contributed by atoms with Gasteiger partial charge in [-0.1, -0.05) is 12.1 Å². The van der Waals surface area contributed by atoms with Gasteiger partial charge in [-0.25, -0.2) is 13.1 Å². The Kier molecular flexibility index (Phi) is 5.65. The van der Waals surface area contributed by atoms with E-state index < -0.39 is 10.0 Å². The van der Waals surface area contributed by atoms with E-state index >= 15 is 0 Å². The fraction of sp³-hybridized carbons (Fsp3) is 0.462. The van der Waals surface area contributed by atoms with Gasteiger partial charge in [0.1, 0.15) is 0 Å². The minimum Gasteiger partial charge on any atom is -0.396 e. The zero-order valence-corrected chi connectivity index (χ0v) is 11.9. The standard InChI is InChI=1S/C13H19NO4S/c1-10(5-4-8-15)14-19(17,18)13-7-3-6-12(9-13)11(2)16/h3,6-7,9-10,14-15H,4-5,8H2,1-2H3. The second-order valence-electron chi connectivity index (χ2n) is 4.47. The Labute approximate surface area is 113 Å². The monoisotopic (exact) mass is 285 g/mol. The van der Waals surface area contributed by atoms with E-state index in [4.69, 9.17) is 5.11 Å². The third kappa shape index (κ3) is 4.74. The molecule has 0 radical (unpaired) electrons. The van der Waals surface area contributed by atoms with Crippen LogP contribution in [0.15, 0.2) is 29.2 Å². The van der Waals surface area contributed by atoms with Gasteiger partial charge in [0.15, 0.2) is 5.78 Å². The molecule has 2 N–H and O–H groups in total. The van der Waals surface area contributed by atoms with Gasteiger partial charge in [0, 0.05) is 18.2 Å². The number of sulfonamides is 1. The molecule has 0 heterocycles. The van der Waals surface area contributed by atoms with E-state index in [1.165, 1.54) is 19.1 Å². The van der Waals surface area contributed by atoms with Crippen LogP contribution in [0.5, 0.6) is 0 Å². The molecule has 0 aliphatic carbocycles. The summed E-state index contributed by atoms with van der Waals surface area (Å²) in [6, 6.07) is 5.68. The quantitative estimate of drug-likeness (QED) is 0.740. The van der Waals surface area contributed by atoms with Crippen LogP contribution in [0, 0.1) is 0 Å². The number of aliphatic hydroxyl groups is 1. The third-order valence-electron chi connectivity index (χ3n) is 2.70. The van der Waals surface area contributed by atoms with Gasteiger partial charge in [-0.15, -0.1) is 0 Å². The molecule has 6 heteroatoms. The van der Waals surface area contributed by atoms with Crippen LogP contribution in [0.1, 0.15) is 37.0 Å². The Hall–Kier alpha value is -1.24. The molecular formula is C13H19NO4S. The molecule has 0 aliphatic rings. The van der Waals surface area contributed by atoms with Gasteiger partial charge < -0.3 is 5.11 Å². The number of hydrogen-bond acceptors (Lipinski definition) is 4. The largest absolute Gasteiger partial charge is 0.396 e. The maximum absolute atomic E-state index is 12.1. The molecule has 1 rings (SSSR count).